The maximum atomic E-state index is 9.89. The first-order valence-electron chi connectivity index (χ1n) is 3.13. The molecule has 0 aromatic heterocycles. The molecule has 1 aromatic rings. The number of hydrogen-bond acceptors (Lipinski definition) is 1. The minimum Gasteiger partial charge on any atom is -0.318 e. The molecule has 1 amide bonds. The topological polar surface area (TPSA) is 29.1 Å². The van der Waals surface area contributed by atoms with Crippen LogP contribution in [-0.4, -0.2) is 6.41 Å². The SMILES string of the molecule is Cc1ccc(N[C]=O)cc1Cl. The third-order valence-electron chi connectivity index (χ3n) is 1.37. The highest BCUT2D eigenvalue weighted by atomic mass is 35.5. The van der Waals surface area contributed by atoms with Crippen molar-refractivity contribution in [3.63, 3.8) is 0 Å². The average molecular weight is 169 g/mol. The van der Waals surface area contributed by atoms with Gasteiger partial charge in [0, 0.05) is 10.7 Å². The quantitative estimate of drug-likeness (QED) is 0.674. The number of hydrogen-bond donors (Lipinski definition) is 1. The molecule has 57 valence electrons. The lowest BCUT2D eigenvalue weighted by molar-refractivity contribution is 0.561. The van der Waals surface area contributed by atoms with E-state index in [0.29, 0.717) is 10.7 Å². The molecule has 0 saturated carbocycles. The van der Waals surface area contributed by atoms with E-state index in [4.69, 9.17) is 11.6 Å². The highest BCUT2D eigenvalue weighted by Gasteiger charge is 1.95. The van der Waals surface area contributed by atoms with Crippen LogP contribution >= 0.6 is 11.6 Å². The van der Waals surface area contributed by atoms with E-state index in [1.54, 1.807) is 18.5 Å². The minimum absolute atomic E-state index is 0.644. The molecule has 1 aromatic carbocycles. The Bertz CT molecular complexity index is 273. The Balaban J connectivity index is 2.95. The third kappa shape index (κ3) is 1.95. The Labute approximate surface area is 70.2 Å². The van der Waals surface area contributed by atoms with Crippen molar-refractivity contribution in [1.29, 1.82) is 0 Å². The van der Waals surface area contributed by atoms with Gasteiger partial charge in [0.1, 0.15) is 0 Å². The maximum absolute atomic E-state index is 9.89. The number of aryl methyl sites for hydroxylation is 1. The van der Waals surface area contributed by atoms with Crippen molar-refractivity contribution < 1.29 is 4.79 Å². The van der Waals surface area contributed by atoms with Crippen molar-refractivity contribution >= 4 is 23.7 Å². The van der Waals surface area contributed by atoms with Gasteiger partial charge in [-0.05, 0) is 24.6 Å². The van der Waals surface area contributed by atoms with E-state index >= 15 is 0 Å². The summed E-state index contributed by atoms with van der Waals surface area (Å²) in [6, 6.07) is 5.29. The number of anilines is 1. The average Bonchev–Trinajstić information content (AvgIpc) is 1.98. The zero-order chi connectivity index (χ0) is 8.27. The molecule has 0 unspecified atom stereocenters. The third-order valence-corrected chi connectivity index (χ3v) is 1.77. The number of rotatable bonds is 2. The molecular weight excluding hydrogens is 162 g/mol. The summed E-state index contributed by atoms with van der Waals surface area (Å²) in [6.45, 7) is 1.90. The zero-order valence-electron chi connectivity index (χ0n) is 6.02. The van der Waals surface area contributed by atoms with Crippen molar-refractivity contribution in [1.82, 2.24) is 0 Å². The molecule has 1 N–H and O–H groups in total. The Kier molecular flexibility index (Phi) is 2.49. The summed E-state index contributed by atoms with van der Waals surface area (Å²) >= 11 is 5.78. The van der Waals surface area contributed by atoms with E-state index in [2.05, 4.69) is 5.32 Å². The van der Waals surface area contributed by atoms with Crippen molar-refractivity contribution in [3.05, 3.63) is 28.8 Å². The fourth-order valence-corrected chi connectivity index (χ4v) is 0.910. The van der Waals surface area contributed by atoms with Crippen LogP contribution in [0.3, 0.4) is 0 Å². The van der Waals surface area contributed by atoms with Crippen molar-refractivity contribution in [2.45, 2.75) is 6.92 Å². The van der Waals surface area contributed by atoms with E-state index in [-0.39, 0.29) is 0 Å². The van der Waals surface area contributed by atoms with Crippen LogP contribution < -0.4 is 5.32 Å². The van der Waals surface area contributed by atoms with E-state index in [9.17, 15) is 4.79 Å². The van der Waals surface area contributed by atoms with E-state index < -0.39 is 0 Å². The number of halogens is 1. The lowest BCUT2D eigenvalue weighted by Gasteiger charge is -2.00. The predicted octanol–water partition coefficient (Wildman–Crippen LogP) is 2.13. The molecule has 0 atom stereocenters. The summed E-state index contributed by atoms with van der Waals surface area (Å²) in [5.74, 6) is 0. The zero-order valence-corrected chi connectivity index (χ0v) is 6.77. The van der Waals surface area contributed by atoms with Gasteiger partial charge in [0.25, 0.3) is 0 Å². The highest BCUT2D eigenvalue weighted by molar-refractivity contribution is 6.31. The Hall–Kier alpha value is -1.02. The number of nitrogens with one attached hydrogen (secondary N) is 1. The fourth-order valence-electron chi connectivity index (χ4n) is 0.730. The van der Waals surface area contributed by atoms with Crippen molar-refractivity contribution in [2.24, 2.45) is 0 Å². The molecule has 0 aliphatic carbocycles. The molecule has 0 aliphatic rings. The molecule has 0 spiro atoms. The van der Waals surface area contributed by atoms with Crippen LogP contribution in [0.2, 0.25) is 5.02 Å². The summed E-state index contributed by atoms with van der Waals surface area (Å²) in [7, 11) is 0. The second-order valence-corrected chi connectivity index (χ2v) is 2.60. The van der Waals surface area contributed by atoms with Gasteiger partial charge in [-0.1, -0.05) is 17.7 Å². The Morgan fingerprint density at radius 3 is 2.82 bits per heavy atom. The van der Waals surface area contributed by atoms with Crippen LogP contribution in [0.1, 0.15) is 5.56 Å². The predicted molar refractivity (Wildman–Crippen MR) is 45.5 cm³/mol. The standard InChI is InChI=1S/C8H7ClNO/c1-6-2-3-7(10-5-11)4-8(6)9/h2-4H,1H3,(H,10,11). The Morgan fingerprint density at radius 2 is 2.27 bits per heavy atom. The van der Waals surface area contributed by atoms with Crippen molar-refractivity contribution in [2.75, 3.05) is 5.32 Å². The van der Waals surface area contributed by atoms with Crippen LogP contribution in [0.15, 0.2) is 18.2 Å². The second-order valence-electron chi connectivity index (χ2n) is 2.19. The first-order valence-corrected chi connectivity index (χ1v) is 3.51. The number of benzene rings is 1. The van der Waals surface area contributed by atoms with Gasteiger partial charge in [0.2, 0.25) is 0 Å². The summed E-state index contributed by atoms with van der Waals surface area (Å²) in [5.41, 5.74) is 1.65. The number of amides is 1. The first-order chi connectivity index (χ1) is 5.24. The molecule has 0 bridgehead atoms. The van der Waals surface area contributed by atoms with E-state index in [1.165, 1.54) is 0 Å². The van der Waals surface area contributed by atoms with Crippen LogP contribution in [-0.2, 0) is 4.79 Å². The number of carbonyl (C=O) groups excluding carboxylic acids is 1. The van der Waals surface area contributed by atoms with Crippen LogP contribution in [0.4, 0.5) is 5.69 Å². The van der Waals surface area contributed by atoms with Gasteiger partial charge in [0.05, 0.1) is 0 Å². The fraction of sp³-hybridized carbons (Fsp3) is 0.125. The van der Waals surface area contributed by atoms with Gasteiger partial charge in [-0.2, -0.15) is 0 Å². The second kappa shape index (κ2) is 3.39. The summed E-state index contributed by atoms with van der Waals surface area (Å²) in [6.07, 6.45) is 1.57. The summed E-state index contributed by atoms with van der Waals surface area (Å²) in [4.78, 5) is 9.89. The molecule has 0 heterocycles. The maximum Gasteiger partial charge on any atom is 0.314 e. The lowest BCUT2D eigenvalue weighted by Crippen LogP contribution is -1.92. The smallest absolute Gasteiger partial charge is 0.314 e. The van der Waals surface area contributed by atoms with Gasteiger partial charge < -0.3 is 5.32 Å². The van der Waals surface area contributed by atoms with Gasteiger partial charge in [-0.25, -0.2) is 0 Å². The first kappa shape index (κ1) is 8.08. The molecule has 0 fully saturated rings. The molecule has 3 heteroatoms. The van der Waals surface area contributed by atoms with Gasteiger partial charge in [-0.3, -0.25) is 4.79 Å². The van der Waals surface area contributed by atoms with Crippen LogP contribution in [0.5, 0.6) is 0 Å². The molecule has 11 heavy (non-hydrogen) atoms. The van der Waals surface area contributed by atoms with Gasteiger partial charge >= 0.3 is 6.41 Å². The highest BCUT2D eigenvalue weighted by Crippen LogP contribution is 2.19. The van der Waals surface area contributed by atoms with Crippen molar-refractivity contribution in [3.8, 4) is 0 Å². The Morgan fingerprint density at radius 1 is 1.55 bits per heavy atom. The monoisotopic (exact) mass is 168 g/mol. The molecule has 0 saturated heterocycles. The molecular formula is C8H7ClNO. The molecule has 0 aliphatic heterocycles. The van der Waals surface area contributed by atoms with E-state index in [0.717, 1.165) is 5.56 Å². The molecule has 2 nitrogen and oxygen atoms in total. The molecule has 1 rings (SSSR count). The van der Waals surface area contributed by atoms with Crippen LogP contribution in [0.25, 0.3) is 0 Å². The summed E-state index contributed by atoms with van der Waals surface area (Å²) in [5, 5.41) is 3.03. The van der Waals surface area contributed by atoms with Gasteiger partial charge in [0.15, 0.2) is 0 Å². The lowest BCUT2D eigenvalue weighted by atomic mass is 10.2. The van der Waals surface area contributed by atoms with E-state index in [1.807, 2.05) is 13.0 Å². The van der Waals surface area contributed by atoms with Gasteiger partial charge in [-0.15, -0.1) is 0 Å². The normalized spacial score (nSPS) is 9.27. The summed E-state index contributed by atoms with van der Waals surface area (Å²) < 4.78 is 0. The largest absolute Gasteiger partial charge is 0.318 e. The van der Waals surface area contributed by atoms with Crippen LogP contribution in [0, 0.1) is 6.92 Å². The molecule has 1 radical (unpaired) electrons. The minimum atomic E-state index is 0.644.